The van der Waals surface area contributed by atoms with Gasteiger partial charge in [-0.3, -0.25) is 9.10 Å². The van der Waals surface area contributed by atoms with Gasteiger partial charge >= 0.3 is 0 Å². The predicted octanol–water partition coefficient (Wildman–Crippen LogP) is 3.20. The molecule has 1 aliphatic heterocycles. The standard InChI is InChI=1S/C23H30N4O4S2/c1-4-31-20-7-5-19(6-8-20)27(33(29,30)22-11-9-21(32-3)10-12-22)17-23(28)25-24-18-13-15-26(2)16-14-18/h5-12H,4,13-17H2,1-3H3,(H,25,28). The molecule has 1 saturated heterocycles. The fraction of sp³-hybridized carbons (Fsp3) is 0.391. The van der Waals surface area contributed by atoms with Crippen LogP contribution in [0.2, 0.25) is 0 Å². The number of nitrogens with zero attached hydrogens (tertiary/aromatic N) is 3. The minimum atomic E-state index is -3.98. The number of sulfonamides is 1. The molecule has 0 atom stereocenters. The molecule has 0 bridgehead atoms. The molecule has 2 aromatic carbocycles. The molecule has 0 unspecified atom stereocenters. The van der Waals surface area contributed by atoms with Crippen molar-refractivity contribution in [3.63, 3.8) is 0 Å². The Morgan fingerprint density at radius 3 is 2.33 bits per heavy atom. The van der Waals surface area contributed by atoms with Crippen LogP contribution in [0, 0.1) is 0 Å². The molecular formula is C23H30N4O4S2. The van der Waals surface area contributed by atoms with Crippen molar-refractivity contribution in [2.24, 2.45) is 5.10 Å². The van der Waals surface area contributed by atoms with E-state index in [-0.39, 0.29) is 4.90 Å². The monoisotopic (exact) mass is 490 g/mol. The molecule has 2 aromatic rings. The van der Waals surface area contributed by atoms with Crippen molar-refractivity contribution in [3.05, 3.63) is 48.5 Å². The average molecular weight is 491 g/mol. The molecule has 1 N–H and O–H groups in total. The van der Waals surface area contributed by atoms with Crippen LogP contribution in [0.15, 0.2) is 63.4 Å². The molecular weight excluding hydrogens is 460 g/mol. The first kappa shape index (κ1) is 25.1. The number of thioether (sulfide) groups is 1. The van der Waals surface area contributed by atoms with Crippen molar-refractivity contribution in [2.45, 2.75) is 29.6 Å². The first-order valence-corrected chi connectivity index (χ1v) is 13.4. The fourth-order valence-corrected chi connectivity index (χ4v) is 5.19. The number of carbonyl (C=O) groups is 1. The summed E-state index contributed by atoms with van der Waals surface area (Å²) in [6.07, 6.45) is 3.48. The summed E-state index contributed by atoms with van der Waals surface area (Å²) in [7, 11) is -1.94. The lowest BCUT2D eigenvalue weighted by Gasteiger charge is -2.25. The van der Waals surface area contributed by atoms with Crippen molar-refractivity contribution in [2.75, 3.05) is 43.8 Å². The van der Waals surface area contributed by atoms with Gasteiger partial charge in [0.1, 0.15) is 12.3 Å². The number of hydrogen-bond acceptors (Lipinski definition) is 7. The fourth-order valence-electron chi connectivity index (χ4n) is 3.36. The molecule has 0 radical (unpaired) electrons. The van der Waals surface area contributed by atoms with Gasteiger partial charge in [0.15, 0.2) is 0 Å². The smallest absolute Gasteiger partial charge is 0.264 e. The lowest BCUT2D eigenvalue weighted by atomic mass is 10.1. The van der Waals surface area contributed by atoms with Crippen LogP contribution >= 0.6 is 11.8 Å². The van der Waals surface area contributed by atoms with Gasteiger partial charge in [0.2, 0.25) is 0 Å². The zero-order valence-corrected chi connectivity index (χ0v) is 20.8. The molecule has 1 aliphatic rings. The molecule has 0 saturated carbocycles. The second-order valence-electron chi connectivity index (χ2n) is 7.63. The third-order valence-corrected chi connectivity index (χ3v) is 7.80. The molecule has 1 heterocycles. The van der Waals surface area contributed by atoms with Gasteiger partial charge < -0.3 is 9.64 Å². The number of likely N-dealkylation sites (tertiary alicyclic amines) is 1. The number of piperidine rings is 1. The average Bonchev–Trinajstić information content (AvgIpc) is 2.83. The lowest BCUT2D eigenvalue weighted by Crippen LogP contribution is -2.40. The summed E-state index contributed by atoms with van der Waals surface area (Å²) in [6.45, 7) is 3.75. The summed E-state index contributed by atoms with van der Waals surface area (Å²) >= 11 is 1.53. The van der Waals surface area contributed by atoms with Crippen LogP contribution in [0.3, 0.4) is 0 Å². The third kappa shape index (κ3) is 6.72. The number of amides is 1. The molecule has 1 fully saturated rings. The van der Waals surface area contributed by atoms with Crippen molar-refractivity contribution < 1.29 is 17.9 Å². The largest absolute Gasteiger partial charge is 0.494 e. The van der Waals surface area contributed by atoms with Gasteiger partial charge in [-0.2, -0.15) is 5.10 Å². The molecule has 1 amide bonds. The van der Waals surface area contributed by atoms with Crippen LogP contribution in [0.4, 0.5) is 5.69 Å². The Kier molecular flexibility index (Phi) is 8.76. The summed E-state index contributed by atoms with van der Waals surface area (Å²) in [6, 6.07) is 13.3. The van der Waals surface area contributed by atoms with Crippen molar-refractivity contribution in [3.8, 4) is 5.75 Å². The van der Waals surface area contributed by atoms with Gasteiger partial charge in [0.25, 0.3) is 15.9 Å². The highest BCUT2D eigenvalue weighted by Gasteiger charge is 2.27. The first-order valence-electron chi connectivity index (χ1n) is 10.8. The SMILES string of the molecule is CCOc1ccc(N(CC(=O)NN=C2CCN(C)CC2)S(=O)(=O)c2ccc(SC)cc2)cc1. The summed E-state index contributed by atoms with van der Waals surface area (Å²) in [5.74, 6) is 0.126. The van der Waals surface area contributed by atoms with E-state index in [2.05, 4.69) is 15.4 Å². The number of anilines is 1. The Balaban J connectivity index is 1.84. The second-order valence-corrected chi connectivity index (χ2v) is 10.4. The molecule has 0 aromatic heterocycles. The maximum atomic E-state index is 13.5. The Morgan fingerprint density at radius 2 is 1.76 bits per heavy atom. The molecule has 33 heavy (non-hydrogen) atoms. The van der Waals surface area contributed by atoms with E-state index in [1.807, 2.05) is 20.2 Å². The number of benzene rings is 2. The first-order chi connectivity index (χ1) is 15.8. The number of nitrogens with one attached hydrogen (secondary N) is 1. The van der Waals surface area contributed by atoms with E-state index >= 15 is 0 Å². The molecule has 3 rings (SSSR count). The van der Waals surface area contributed by atoms with Crippen LogP contribution in [-0.4, -0.2) is 64.5 Å². The molecule has 8 nitrogen and oxygen atoms in total. The van der Waals surface area contributed by atoms with Gasteiger partial charge in [-0.25, -0.2) is 13.8 Å². The molecule has 178 valence electrons. The number of ether oxygens (including phenoxy) is 1. The van der Waals surface area contributed by atoms with Gasteiger partial charge in [0.05, 0.1) is 17.2 Å². The number of rotatable bonds is 9. The summed E-state index contributed by atoms with van der Waals surface area (Å²) in [4.78, 5) is 16.0. The highest BCUT2D eigenvalue weighted by atomic mass is 32.2. The maximum absolute atomic E-state index is 13.5. The Labute approximate surface area is 200 Å². The van der Waals surface area contributed by atoms with Crippen LogP contribution in [-0.2, 0) is 14.8 Å². The van der Waals surface area contributed by atoms with Crippen molar-refractivity contribution >= 4 is 39.1 Å². The van der Waals surface area contributed by atoms with Gasteiger partial charge in [-0.1, -0.05) is 0 Å². The quantitative estimate of drug-likeness (QED) is 0.429. The lowest BCUT2D eigenvalue weighted by molar-refractivity contribution is -0.119. The summed E-state index contributed by atoms with van der Waals surface area (Å²) in [5.41, 5.74) is 3.81. The highest BCUT2D eigenvalue weighted by Crippen LogP contribution is 2.27. The number of carbonyl (C=O) groups excluding carboxylic acids is 1. The van der Waals surface area contributed by atoms with E-state index in [0.29, 0.717) is 18.0 Å². The van der Waals surface area contributed by atoms with Gasteiger partial charge in [-0.15, -0.1) is 11.8 Å². The Bertz CT molecular complexity index is 1060. The molecule has 0 spiro atoms. The van der Waals surface area contributed by atoms with Crippen LogP contribution < -0.4 is 14.5 Å². The Morgan fingerprint density at radius 1 is 1.12 bits per heavy atom. The third-order valence-electron chi connectivity index (χ3n) is 5.27. The van der Waals surface area contributed by atoms with E-state index in [4.69, 9.17) is 4.74 Å². The number of hydrogen-bond donors (Lipinski definition) is 1. The van der Waals surface area contributed by atoms with Gasteiger partial charge in [0, 0.05) is 36.5 Å². The zero-order valence-electron chi connectivity index (χ0n) is 19.2. The highest BCUT2D eigenvalue weighted by molar-refractivity contribution is 7.98. The van der Waals surface area contributed by atoms with E-state index in [1.54, 1.807) is 48.5 Å². The minimum Gasteiger partial charge on any atom is -0.494 e. The zero-order chi connectivity index (χ0) is 23.8. The summed E-state index contributed by atoms with van der Waals surface area (Å²) in [5, 5.41) is 4.23. The normalized spacial score (nSPS) is 14.6. The molecule has 10 heteroatoms. The molecule has 0 aliphatic carbocycles. The van der Waals surface area contributed by atoms with Crippen molar-refractivity contribution in [1.82, 2.24) is 10.3 Å². The maximum Gasteiger partial charge on any atom is 0.264 e. The predicted molar refractivity (Wildman–Crippen MR) is 133 cm³/mol. The van der Waals surface area contributed by atoms with E-state index in [0.717, 1.165) is 40.8 Å². The van der Waals surface area contributed by atoms with Crippen LogP contribution in [0.1, 0.15) is 19.8 Å². The van der Waals surface area contributed by atoms with Gasteiger partial charge in [-0.05, 0) is 68.8 Å². The van der Waals surface area contributed by atoms with E-state index in [1.165, 1.54) is 11.8 Å². The van der Waals surface area contributed by atoms with E-state index < -0.39 is 22.5 Å². The van der Waals surface area contributed by atoms with Crippen LogP contribution in [0.5, 0.6) is 5.75 Å². The number of hydrazone groups is 1. The Hall–Kier alpha value is -2.56. The summed E-state index contributed by atoms with van der Waals surface area (Å²) < 4.78 is 33.5. The van der Waals surface area contributed by atoms with E-state index in [9.17, 15) is 13.2 Å². The second kappa shape index (κ2) is 11.5. The minimum absolute atomic E-state index is 0.114. The van der Waals surface area contributed by atoms with Crippen molar-refractivity contribution in [1.29, 1.82) is 0 Å². The topological polar surface area (TPSA) is 91.3 Å². The van der Waals surface area contributed by atoms with Crippen LogP contribution in [0.25, 0.3) is 0 Å².